The van der Waals surface area contributed by atoms with E-state index in [2.05, 4.69) is 22.2 Å². The molecule has 3 aromatic rings. The van der Waals surface area contributed by atoms with E-state index in [1.54, 1.807) is 37.3 Å². The van der Waals surface area contributed by atoms with Crippen molar-refractivity contribution in [3.05, 3.63) is 70.9 Å². The zero-order valence-corrected chi connectivity index (χ0v) is 19.5. The Hall–Kier alpha value is -3.13. The van der Waals surface area contributed by atoms with Crippen molar-refractivity contribution in [2.75, 3.05) is 27.2 Å². The lowest BCUT2D eigenvalue weighted by atomic mass is 9.95. The predicted octanol–water partition coefficient (Wildman–Crippen LogP) is 5.31. The SMILES string of the molecule is CN1CCC1.COc1ccc(C)c(C(=O)NC2(c3cc(C(F)(F)F)cc4ncccc34)CC2)c1. The molecule has 5 rings (SSSR count). The lowest BCUT2D eigenvalue weighted by molar-refractivity contribution is -0.137. The number of likely N-dealkylation sites (tertiary alicyclic amines) is 1. The van der Waals surface area contributed by atoms with Crippen LogP contribution in [0.1, 0.15) is 46.3 Å². The number of ether oxygens (including phenoxy) is 1. The minimum absolute atomic E-state index is 0.260. The van der Waals surface area contributed by atoms with E-state index in [9.17, 15) is 18.0 Å². The number of hydrogen-bond acceptors (Lipinski definition) is 4. The van der Waals surface area contributed by atoms with Gasteiger partial charge >= 0.3 is 6.18 Å². The maximum absolute atomic E-state index is 13.4. The number of benzene rings is 2. The number of fused-ring (bicyclic) bond motifs is 1. The summed E-state index contributed by atoms with van der Waals surface area (Å²) < 4.78 is 45.5. The second-order valence-electron chi connectivity index (χ2n) is 8.97. The molecule has 1 saturated heterocycles. The summed E-state index contributed by atoms with van der Waals surface area (Å²) >= 11 is 0. The fraction of sp³-hybridized carbons (Fsp3) is 0.385. The molecule has 1 aromatic heterocycles. The number of hydrogen-bond donors (Lipinski definition) is 1. The van der Waals surface area contributed by atoms with Gasteiger partial charge < -0.3 is 15.0 Å². The van der Waals surface area contributed by atoms with Crippen LogP contribution in [-0.4, -0.2) is 43.0 Å². The van der Waals surface area contributed by atoms with Crippen LogP contribution in [0.2, 0.25) is 0 Å². The zero-order valence-electron chi connectivity index (χ0n) is 19.5. The number of nitrogens with one attached hydrogen (secondary N) is 1. The van der Waals surface area contributed by atoms with E-state index in [0.717, 1.165) is 17.7 Å². The van der Waals surface area contributed by atoms with Gasteiger partial charge in [-0.05, 0) is 87.8 Å². The van der Waals surface area contributed by atoms with Crippen LogP contribution in [-0.2, 0) is 11.7 Å². The fourth-order valence-corrected chi connectivity index (χ4v) is 4.06. The Morgan fingerprint density at radius 3 is 2.41 bits per heavy atom. The monoisotopic (exact) mass is 471 g/mol. The van der Waals surface area contributed by atoms with Gasteiger partial charge in [-0.1, -0.05) is 12.1 Å². The summed E-state index contributed by atoms with van der Waals surface area (Å²) in [5.41, 5.74) is 0.297. The standard InChI is InChI=1S/C22H19F3N2O2.C4H9N/c1-13-5-6-15(29-2)12-17(13)20(28)27-21(7-8-21)18-10-14(22(23,24)25)11-19-16(18)4-3-9-26-19;1-5-3-2-4-5/h3-6,9-12H,7-8H2,1-2H3,(H,27,28);2-4H2,1H3. The molecule has 0 unspecified atom stereocenters. The van der Waals surface area contributed by atoms with E-state index in [1.807, 2.05) is 0 Å². The number of nitrogens with zero attached hydrogens (tertiary/aromatic N) is 2. The van der Waals surface area contributed by atoms with Crippen LogP contribution in [0.3, 0.4) is 0 Å². The summed E-state index contributed by atoms with van der Waals surface area (Å²) in [6, 6.07) is 10.8. The van der Waals surface area contributed by atoms with Crippen LogP contribution >= 0.6 is 0 Å². The Morgan fingerprint density at radius 2 is 1.85 bits per heavy atom. The molecular weight excluding hydrogens is 443 g/mol. The molecule has 0 bridgehead atoms. The van der Waals surface area contributed by atoms with Gasteiger partial charge in [0.05, 0.1) is 23.7 Å². The van der Waals surface area contributed by atoms with Gasteiger partial charge in [-0.2, -0.15) is 13.2 Å². The van der Waals surface area contributed by atoms with E-state index in [4.69, 9.17) is 4.74 Å². The Morgan fingerprint density at radius 1 is 1.15 bits per heavy atom. The number of carbonyl (C=O) groups is 1. The zero-order chi connectivity index (χ0) is 24.5. The van der Waals surface area contributed by atoms with E-state index < -0.39 is 17.3 Å². The summed E-state index contributed by atoms with van der Waals surface area (Å²) in [7, 11) is 3.65. The Labute approximate surface area is 196 Å². The molecule has 0 atom stereocenters. The molecule has 1 N–H and O–H groups in total. The molecule has 1 aliphatic carbocycles. The molecule has 2 fully saturated rings. The highest BCUT2D eigenvalue weighted by atomic mass is 19.4. The number of alkyl halides is 3. The van der Waals surface area contributed by atoms with Crippen LogP contribution in [0.25, 0.3) is 10.9 Å². The van der Waals surface area contributed by atoms with Crippen molar-refractivity contribution in [3.8, 4) is 5.75 Å². The third-order valence-corrected chi connectivity index (χ3v) is 6.44. The molecule has 5 nitrogen and oxygen atoms in total. The van der Waals surface area contributed by atoms with E-state index >= 15 is 0 Å². The third-order valence-electron chi connectivity index (χ3n) is 6.44. The minimum Gasteiger partial charge on any atom is -0.497 e. The Balaban J connectivity index is 0.000000486. The summed E-state index contributed by atoms with van der Waals surface area (Å²) in [6.45, 7) is 4.44. The topological polar surface area (TPSA) is 54.5 Å². The van der Waals surface area contributed by atoms with Crippen molar-refractivity contribution in [3.63, 3.8) is 0 Å². The number of amides is 1. The molecule has 2 heterocycles. The molecule has 1 aliphatic heterocycles. The maximum Gasteiger partial charge on any atom is 0.416 e. The molecule has 0 radical (unpaired) electrons. The predicted molar refractivity (Wildman–Crippen MR) is 125 cm³/mol. The molecule has 34 heavy (non-hydrogen) atoms. The third kappa shape index (κ3) is 5.01. The van der Waals surface area contributed by atoms with Crippen LogP contribution < -0.4 is 10.1 Å². The molecule has 8 heteroatoms. The van der Waals surface area contributed by atoms with Gasteiger partial charge in [0.25, 0.3) is 5.91 Å². The molecule has 2 aliphatic rings. The molecule has 180 valence electrons. The first kappa shape index (κ1) is 24.0. The maximum atomic E-state index is 13.4. The van der Waals surface area contributed by atoms with Gasteiger partial charge in [0.15, 0.2) is 0 Å². The van der Waals surface area contributed by atoms with Crippen molar-refractivity contribution in [2.24, 2.45) is 0 Å². The Kier molecular flexibility index (Phi) is 6.53. The van der Waals surface area contributed by atoms with Crippen LogP contribution in [0, 0.1) is 6.92 Å². The number of aryl methyl sites for hydroxylation is 1. The molecular formula is C26H28F3N3O2. The van der Waals surface area contributed by atoms with Gasteiger partial charge in [0.1, 0.15) is 5.75 Å². The second kappa shape index (κ2) is 9.25. The average molecular weight is 472 g/mol. The highest BCUT2D eigenvalue weighted by molar-refractivity contribution is 5.97. The van der Waals surface area contributed by atoms with Crippen molar-refractivity contribution in [1.82, 2.24) is 15.2 Å². The number of methoxy groups -OCH3 is 1. The number of carbonyl (C=O) groups excluding carboxylic acids is 1. The molecule has 0 spiro atoms. The lowest BCUT2D eigenvalue weighted by Gasteiger charge is -2.24. The number of rotatable bonds is 4. The number of pyridine rings is 1. The summed E-state index contributed by atoms with van der Waals surface area (Å²) in [4.78, 5) is 19.4. The van der Waals surface area contributed by atoms with E-state index in [0.29, 0.717) is 35.1 Å². The van der Waals surface area contributed by atoms with Gasteiger partial charge in [0.2, 0.25) is 0 Å². The van der Waals surface area contributed by atoms with Gasteiger partial charge in [-0.15, -0.1) is 0 Å². The van der Waals surface area contributed by atoms with Crippen molar-refractivity contribution < 1.29 is 22.7 Å². The summed E-state index contributed by atoms with van der Waals surface area (Å²) in [5.74, 6) is 0.202. The van der Waals surface area contributed by atoms with Crippen LogP contribution in [0.4, 0.5) is 13.2 Å². The van der Waals surface area contributed by atoms with E-state index in [1.165, 1.54) is 32.8 Å². The first-order valence-corrected chi connectivity index (χ1v) is 11.3. The highest BCUT2D eigenvalue weighted by Crippen LogP contribution is 2.49. The number of halogens is 3. The normalized spacial score (nSPS) is 16.8. The molecule has 1 amide bonds. The lowest BCUT2D eigenvalue weighted by Crippen LogP contribution is -2.35. The number of aromatic nitrogens is 1. The van der Waals surface area contributed by atoms with Crippen LogP contribution in [0.15, 0.2) is 48.7 Å². The van der Waals surface area contributed by atoms with Crippen molar-refractivity contribution in [1.29, 1.82) is 0 Å². The Bertz CT molecular complexity index is 1200. The largest absolute Gasteiger partial charge is 0.497 e. The van der Waals surface area contributed by atoms with Crippen molar-refractivity contribution in [2.45, 2.75) is 37.9 Å². The average Bonchev–Trinajstić information content (AvgIpc) is 3.57. The quantitative estimate of drug-likeness (QED) is 0.560. The first-order valence-electron chi connectivity index (χ1n) is 11.3. The van der Waals surface area contributed by atoms with Gasteiger partial charge in [0, 0.05) is 17.1 Å². The summed E-state index contributed by atoms with van der Waals surface area (Å²) in [5, 5.41) is 3.59. The van der Waals surface area contributed by atoms with Gasteiger partial charge in [-0.3, -0.25) is 9.78 Å². The van der Waals surface area contributed by atoms with Crippen LogP contribution in [0.5, 0.6) is 5.75 Å². The molecule has 2 aromatic carbocycles. The molecule has 1 saturated carbocycles. The fourth-order valence-electron chi connectivity index (χ4n) is 4.06. The van der Waals surface area contributed by atoms with Crippen molar-refractivity contribution >= 4 is 16.8 Å². The smallest absolute Gasteiger partial charge is 0.416 e. The van der Waals surface area contributed by atoms with E-state index in [-0.39, 0.29) is 11.4 Å². The van der Waals surface area contributed by atoms with Gasteiger partial charge in [-0.25, -0.2) is 0 Å². The summed E-state index contributed by atoms with van der Waals surface area (Å²) in [6.07, 6.45) is -0.495. The minimum atomic E-state index is -4.50. The second-order valence-corrected chi connectivity index (χ2v) is 8.97. The first-order chi connectivity index (χ1) is 16.1. The highest BCUT2D eigenvalue weighted by Gasteiger charge is 2.48.